The number of benzene rings is 2. The SMILES string of the molecule is O=S(=O)(Nc1ccc(-c2ccc(N3CCOCC3)nn2)cc1)c1ccc(F)cc1. The molecule has 0 atom stereocenters. The van der Waals surface area contributed by atoms with Crippen molar-refractivity contribution >= 4 is 21.5 Å². The molecule has 1 saturated heterocycles. The summed E-state index contributed by atoms with van der Waals surface area (Å²) in [6, 6.07) is 15.3. The van der Waals surface area contributed by atoms with Crippen LogP contribution in [-0.4, -0.2) is 44.9 Å². The monoisotopic (exact) mass is 414 g/mol. The fraction of sp³-hybridized carbons (Fsp3) is 0.200. The van der Waals surface area contributed by atoms with E-state index >= 15 is 0 Å². The Bertz CT molecular complexity index is 1070. The first-order chi connectivity index (χ1) is 14.0. The van der Waals surface area contributed by atoms with Crippen molar-refractivity contribution in [2.45, 2.75) is 4.90 Å². The molecule has 0 aliphatic carbocycles. The Hall–Kier alpha value is -3.04. The molecular formula is C20H19FN4O3S. The van der Waals surface area contributed by atoms with Gasteiger partial charge in [-0.05, 0) is 48.5 Å². The van der Waals surface area contributed by atoms with Crippen LogP contribution in [0.3, 0.4) is 0 Å². The largest absolute Gasteiger partial charge is 0.378 e. The number of rotatable bonds is 5. The van der Waals surface area contributed by atoms with Gasteiger partial charge < -0.3 is 9.64 Å². The summed E-state index contributed by atoms with van der Waals surface area (Å²) in [5.41, 5.74) is 1.90. The Morgan fingerprint density at radius 3 is 2.21 bits per heavy atom. The van der Waals surface area contributed by atoms with Crippen LogP contribution in [0.5, 0.6) is 0 Å². The molecule has 1 aliphatic heterocycles. The number of ether oxygens (including phenoxy) is 1. The normalized spacial score (nSPS) is 14.6. The van der Waals surface area contributed by atoms with E-state index in [-0.39, 0.29) is 4.90 Å². The lowest BCUT2D eigenvalue weighted by molar-refractivity contribution is 0.122. The number of hydrogen-bond donors (Lipinski definition) is 1. The number of anilines is 2. The van der Waals surface area contributed by atoms with Gasteiger partial charge in [-0.25, -0.2) is 12.8 Å². The highest BCUT2D eigenvalue weighted by Crippen LogP contribution is 2.23. The van der Waals surface area contributed by atoms with Crippen molar-refractivity contribution in [1.29, 1.82) is 0 Å². The zero-order chi connectivity index (χ0) is 20.3. The van der Waals surface area contributed by atoms with Crippen LogP contribution in [0.2, 0.25) is 0 Å². The van der Waals surface area contributed by atoms with Crippen LogP contribution in [0.15, 0.2) is 65.6 Å². The number of aromatic nitrogens is 2. The highest BCUT2D eigenvalue weighted by atomic mass is 32.2. The number of morpholine rings is 1. The molecule has 7 nitrogen and oxygen atoms in total. The van der Waals surface area contributed by atoms with Gasteiger partial charge in [-0.2, -0.15) is 0 Å². The van der Waals surface area contributed by atoms with Gasteiger partial charge in [-0.15, -0.1) is 10.2 Å². The molecule has 0 radical (unpaired) electrons. The van der Waals surface area contributed by atoms with E-state index in [1.807, 2.05) is 12.1 Å². The van der Waals surface area contributed by atoms with Crippen molar-refractivity contribution in [1.82, 2.24) is 10.2 Å². The highest BCUT2D eigenvalue weighted by Gasteiger charge is 2.15. The first-order valence-corrected chi connectivity index (χ1v) is 10.5. The van der Waals surface area contributed by atoms with E-state index in [9.17, 15) is 12.8 Å². The van der Waals surface area contributed by atoms with Gasteiger partial charge in [0.05, 0.1) is 23.8 Å². The Morgan fingerprint density at radius 2 is 1.59 bits per heavy atom. The van der Waals surface area contributed by atoms with Crippen LogP contribution in [0.25, 0.3) is 11.3 Å². The molecule has 0 saturated carbocycles. The van der Waals surface area contributed by atoms with Crippen LogP contribution >= 0.6 is 0 Å². The van der Waals surface area contributed by atoms with Crippen LogP contribution in [0.4, 0.5) is 15.9 Å². The molecule has 29 heavy (non-hydrogen) atoms. The van der Waals surface area contributed by atoms with Gasteiger partial charge in [0, 0.05) is 24.3 Å². The van der Waals surface area contributed by atoms with Crippen molar-refractivity contribution in [3.05, 3.63) is 66.5 Å². The van der Waals surface area contributed by atoms with Crippen molar-refractivity contribution in [2.75, 3.05) is 35.9 Å². The maximum atomic E-state index is 13.0. The van der Waals surface area contributed by atoms with Crippen LogP contribution < -0.4 is 9.62 Å². The summed E-state index contributed by atoms with van der Waals surface area (Å²) in [4.78, 5) is 2.11. The fourth-order valence-electron chi connectivity index (χ4n) is 2.98. The van der Waals surface area contributed by atoms with Gasteiger partial charge in [0.2, 0.25) is 0 Å². The Balaban J connectivity index is 1.47. The van der Waals surface area contributed by atoms with E-state index in [0.29, 0.717) is 24.6 Å². The van der Waals surface area contributed by atoms with E-state index in [2.05, 4.69) is 19.8 Å². The summed E-state index contributed by atoms with van der Waals surface area (Å²) >= 11 is 0. The van der Waals surface area contributed by atoms with E-state index in [4.69, 9.17) is 4.74 Å². The number of nitrogens with one attached hydrogen (secondary N) is 1. The van der Waals surface area contributed by atoms with Crippen LogP contribution in [-0.2, 0) is 14.8 Å². The lowest BCUT2D eigenvalue weighted by Gasteiger charge is -2.27. The molecule has 0 amide bonds. The quantitative estimate of drug-likeness (QED) is 0.691. The van der Waals surface area contributed by atoms with E-state index in [1.165, 1.54) is 12.1 Å². The summed E-state index contributed by atoms with van der Waals surface area (Å²) < 4.78 is 45.6. The predicted molar refractivity (Wildman–Crippen MR) is 108 cm³/mol. The van der Waals surface area contributed by atoms with Crippen molar-refractivity contribution in [2.24, 2.45) is 0 Å². The number of halogens is 1. The number of nitrogens with zero attached hydrogens (tertiary/aromatic N) is 3. The Labute approximate surface area is 168 Å². The molecule has 3 aromatic rings. The van der Waals surface area contributed by atoms with E-state index in [0.717, 1.165) is 36.6 Å². The van der Waals surface area contributed by atoms with Gasteiger partial charge in [0.1, 0.15) is 5.82 Å². The Morgan fingerprint density at radius 1 is 0.897 bits per heavy atom. The first-order valence-electron chi connectivity index (χ1n) is 9.06. The summed E-state index contributed by atoms with van der Waals surface area (Å²) in [5.74, 6) is 0.315. The molecule has 9 heteroatoms. The van der Waals surface area contributed by atoms with Gasteiger partial charge in [-0.1, -0.05) is 12.1 Å². The van der Waals surface area contributed by atoms with Crippen molar-refractivity contribution in [3.8, 4) is 11.3 Å². The zero-order valence-electron chi connectivity index (χ0n) is 15.5. The van der Waals surface area contributed by atoms with Crippen molar-refractivity contribution in [3.63, 3.8) is 0 Å². The average Bonchev–Trinajstić information content (AvgIpc) is 2.75. The second kappa shape index (κ2) is 8.14. The summed E-state index contributed by atoms with van der Waals surface area (Å²) in [6.45, 7) is 2.94. The lowest BCUT2D eigenvalue weighted by atomic mass is 10.1. The Kier molecular flexibility index (Phi) is 5.41. The number of hydrogen-bond acceptors (Lipinski definition) is 6. The molecule has 0 unspecified atom stereocenters. The summed E-state index contributed by atoms with van der Waals surface area (Å²) in [7, 11) is -3.79. The van der Waals surface area contributed by atoms with E-state index < -0.39 is 15.8 Å². The minimum Gasteiger partial charge on any atom is -0.378 e. The third-order valence-electron chi connectivity index (χ3n) is 4.54. The average molecular weight is 414 g/mol. The smallest absolute Gasteiger partial charge is 0.261 e. The second-order valence-corrected chi connectivity index (χ2v) is 8.20. The third kappa shape index (κ3) is 4.52. The van der Waals surface area contributed by atoms with Gasteiger partial charge in [-0.3, -0.25) is 4.72 Å². The second-order valence-electron chi connectivity index (χ2n) is 6.51. The minimum absolute atomic E-state index is 0.00690. The third-order valence-corrected chi connectivity index (χ3v) is 5.94. The van der Waals surface area contributed by atoms with Crippen LogP contribution in [0, 0.1) is 5.82 Å². The van der Waals surface area contributed by atoms with Gasteiger partial charge in [0.15, 0.2) is 5.82 Å². The zero-order valence-corrected chi connectivity index (χ0v) is 16.3. The molecule has 2 aromatic carbocycles. The molecule has 2 heterocycles. The molecule has 1 N–H and O–H groups in total. The molecule has 1 aromatic heterocycles. The predicted octanol–water partition coefficient (Wildman–Crippen LogP) is 2.92. The molecule has 0 spiro atoms. The topological polar surface area (TPSA) is 84.4 Å². The number of sulfonamides is 1. The molecule has 1 fully saturated rings. The molecule has 150 valence electrons. The van der Waals surface area contributed by atoms with Gasteiger partial charge in [0.25, 0.3) is 10.0 Å². The molecule has 0 bridgehead atoms. The fourth-order valence-corrected chi connectivity index (χ4v) is 4.04. The van der Waals surface area contributed by atoms with Crippen molar-refractivity contribution < 1.29 is 17.5 Å². The minimum atomic E-state index is -3.79. The maximum absolute atomic E-state index is 13.0. The van der Waals surface area contributed by atoms with Crippen LogP contribution in [0.1, 0.15) is 0 Å². The molecule has 1 aliphatic rings. The standard InChI is InChI=1S/C20H19FN4O3S/c21-16-3-7-18(8-4-16)29(26,27)24-17-5-1-15(2-6-17)19-9-10-20(23-22-19)25-11-13-28-14-12-25/h1-10,24H,11-14H2. The molecular weight excluding hydrogens is 395 g/mol. The molecule has 4 rings (SSSR count). The van der Waals surface area contributed by atoms with E-state index in [1.54, 1.807) is 24.3 Å². The van der Waals surface area contributed by atoms with Gasteiger partial charge >= 0.3 is 0 Å². The highest BCUT2D eigenvalue weighted by molar-refractivity contribution is 7.92. The summed E-state index contributed by atoms with van der Waals surface area (Å²) in [5, 5.41) is 8.56. The first kappa shape index (κ1) is 19.3. The lowest BCUT2D eigenvalue weighted by Crippen LogP contribution is -2.36. The summed E-state index contributed by atoms with van der Waals surface area (Å²) in [6.07, 6.45) is 0. The maximum Gasteiger partial charge on any atom is 0.261 e.